The Hall–Kier alpha value is -1.52. The Morgan fingerprint density at radius 2 is 1.94 bits per heavy atom. The van der Waals surface area contributed by atoms with Crippen LogP contribution in [0, 0.1) is 17.5 Å². The molecule has 5 heteroatoms. The summed E-state index contributed by atoms with van der Waals surface area (Å²) in [6.07, 6.45) is 1.97. The van der Waals surface area contributed by atoms with Crippen molar-refractivity contribution in [2.75, 3.05) is 0 Å². The van der Waals surface area contributed by atoms with Crippen molar-refractivity contribution in [1.82, 2.24) is 5.32 Å². The molecule has 0 bridgehead atoms. The summed E-state index contributed by atoms with van der Waals surface area (Å²) in [5.74, 6) is -4.22. The lowest BCUT2D eigenvalue weighted by Crippen LogP contribution is -2.23. The highest BCUT2D eigenvalue weighted by Crippen LogP contribution is 2.14. The zero-order valence-corrected chi connectivity index (χ0v) is 9.53. The highest BCUT2D eigenvalue weighted by molar-refractivity contribution is 5.75. The molecule has 0 saturated heterocycles. The number of hydrogen-bond donors (Lipinski definition) is 1. The third kappa shape index (κ3) is 3.76. The fourth-order valence-electron chi connectivity index (χ4n) is 1.32. The molecule has 94 valence electrons. The van der Waals surface area contributed by atoms with E-state index in [0.717, 1.165) is 25.0 Å². The van der Waals surface area contributed by atoms with Crippen LogP contribution < -0.4 is 5.32 Å². The summed E-state index contributed by atoms with van der Waals surface area (Å²) in [4.78, 5) is 11.2. The number of nitrogens with one attached hydrogen (secondary N) is 1. The number of amides is 1. The standard InChI is InChI=1S/C12H14F3NO/c1-2-3-4-10(17)16-7-8-5-6-9(13)12(15)11(8)14/h5-6H,2-4,7H2,1H3,(H,16,17). The van der Waals surface area contributed by atoms with Gasteiger partial charge in [-0.3, -0.25) is 4.79 Å². The first kappa shape index (κ1) is 13.5. The first-order valence-electron chi connectivity index (χ1n) is 5.45. The fourth-order valence-corrected chi connectivity index (χ4v) is 1.32. The van der Waals surface area contributed by atoms with Gasteiger partial charge in [0.25, 0.3) is 0 Å². The van der Waals surface area contributed by atoms with Gasteiger partial charge in [-0.15, -0.1) is 0 Å². The first-order chi connectivity index (χ1) is 8.06. The second-order valence-electron chi connectivity index (χ2n) is 3.71. The van der Waals surface area contributed by atoms with Gasteiger partial charge >= 0.3 is 0 Å². The molecular formula is C12H14F3NO. The maximum Gasteiger partial charge on any atom is 0.220 e. The molecule has 0 atom stereocenters. The van der Waals surface area contributed by atoms with Gasteiger partial charge in [0, 0.05) is 18.5 Å². The number of hydrogen-bond acceptors (Lipinski definition) is 1. The summed E-state index contributed by atoms with van der Waals surface area (Å²) >= 11 is 0. The summed E-state index contributed by atoms with van der Waals surface area (Å²) in [6, 6.07) is 1.96. The summed E-state index contributed by atoms with van der Waals surface area (Å²) in [5, 5.41) is 2.45. The normalized spacial score (nSPS) is 10.4. The van der Waals surface area contributed by atoms with Gasteiger partial charge in [-0.25, -0.2) is 13.2 Å². The van der Waals surface area contributed by atoms with Crippen molar-refractivity contribution >= 4 is 5.91 Å². The zero-order valence-electron chi connectivity index (χ0n) is 9.53. The molecule has 1 rings (SSSR count). The van der Waals surface area contributed by atoms with E-state index in [1.807, 2.05) is 6.92 Å². The Balaban J connectivity index is 2.58. The molecule has 2 nitrogen and oxygen atoms in total. The van der Waals surface area contributed by atoms with Crippen LogP contribution in [0.2, 0.25) is 0 Å². The van der Waals surface area contributed by atoms with Crippen molar-refractivity contribution < 1.29 is 18.0 Å². The van der Waals surface area contributed by atoms with Crippen molar-refractivity contribution in [1.29, 1.82) is 0 Å². The van der Waals surface area contributed by atoms with Crippen LogP contribution in [0.5, 0.6) is 0 Å². The van der Waals surface area contributed by atoms with Crippen LogP contribution in [-0.2, 0) is 11.3 Å². The Morgan fingerprint density at radius 3 is 2.59 bits per heavy atom. The highest BCUT2D eigenvalue weighted by Gasteiger charge is 2.13. The maximum absolute atomic E-state index is 13.2. The lowest BCUT2D eigenvalue weighted by atomic mass is 10.2. The Labute approximate surface area is 97.8 Å². The van der Waals surface area contributed by atoms with Gasteiger partial charge in [0.2, 0.25) is 5.91 Å². The molecule has 1 aromatic rings. The Morgan fingerprint density at radius 1 is 1.24 bits per heavy atom. The second-order valence-corrected chi connectivity index (χ2v) is 3.71. The number of benzene rings is 1. The Kier molecular flexibility index (Phi) is 5.00. The molecule has 0 heterocycles. The second kappa shape index (κ2) is 6.27. The summed E-state index contributed by atoms with van der Waals surface area (Å²) in [7, 11) is 0. The number of carbonyl (C=O) groups is 1. The van der Waals surface area contributed by atoms with Crippen molar-refractivity contribution in [2.24, 2.45) is 0 Å². The van der Waals surface area contributed by atoms with Crippen molar-refractivity contribution in [3.63, 3.8) is 0 Å². The summed E-state index contributed by atoms with van der Waals surface area (Å²) in [6.45, 7) is 1.81. The maximum atomic E-state index is 13.2. The van der Waals surface area contributed by atoms with Crippen molar-refractivity contribution in [2.45, 2.75) is 32.7 Å². The molecule has 1 amide bonds. The molecule has 0 unspecified atom stereocenters. The monoisotopic (exact) mass is 245 g/mol. The topological polar surface area (TPSA) is 29.1 Å². The predicted octanol–water partition coefficient (Wildman–Crippen LogP) is 2.91. The van der Waals surface area contributed by atoms with Gasteiger partial charge < -0.3 is 5.32 Å². The van der Waals surface area contributed by atoms with Gasteiger partial charge in [0.05, 0.1) is 0 Å². The number of rotatable bonds is 5. The fraction of sp³-hybridized carbons (Fsp3) is 0.417. The molecule has 1 aromatic carbocycles. The van der Waals surface area contributed by atoms with Crippen LogP contribution in [0.1, 0.15) is 31.7 Å². The third-order valence-corrected chi connectivity index (χ3v) is 2.35. The molecule has 0 aliphatic carbocycles. The molecule has 1 N–H and O–H groups in total. The van der Waals surface area contributed by atoms with Crippen LogP contribution in [0.25, 0.3) is 0 Å². The van der Waals surface area contributed by atoms with Crippen LogP contribution >= 0.6 is 0 Å². The van der Waals surface area contributed by atoms with E-state index in [4.69, 9.17) is 0 Å². The van der Waals surface area contributed by atoms with E-state index in [9.17, 15) is 18.0 Å². The lowest BCUT2D eigenvalue weighted by Gasteiger charge is -2.06. The van der Waals surface area contributed by atoms with E-state index in [2.05, 4.69) is 5.32 Å². The summed E-state index contributed by atoms with van der Waals surface area (Å²) in [5.41, 5.74) is -0.0613. The predicted molar refractivity (Wildman–Crippen MR) is 57.7 cm³/mol. The molecule has 0 aliphatic rings. The van der Waals surface area contributed by atoms with E-state index in [1.54, 1.807) is 0 Å². The van der Waals surface area contributed by atoms with E-state index >= 15 is 0 Å². The Bertz CT molecular complexity index is 407. The minimum Gasteiger partial charge on any atom is -0.352 e. The van der Waals surface area contributed by atoms with Crippen LogP contribution in [-0.4, -0.2) is 5.91 Å². The molecule has 17 heavy (non-hydrogen) atoms. The number of carbonyl (C=O) groups excluding carboxylic acids is 1. The van der Waals surface area contributed by atoms with Gasteiger partial charge in [-0.2, -0.15) is 0 Å². The average molecular weight is 245 g/mol. The van der Waals surface area contributed by atoms with Crippen LogP contribution in [0.3, 0.4) is 0 Å². The van der Waals surface area contributed by atoms with E-state index in [1.165, 1.54) is 0 Å². The van der Waals surface area contributed by atoms with E-state index in [-0.39, 0.29) is 18.0 Å². The minimum atomic E-state index is -1.51. The molecule has 0 aliphatic heterocycles. The molecular weight excluding hydrogens is 231 g/mol. The molecule has 0 fully saturated rings. The smallest absolute Gasteiger partial charge is 0.220 e. The van der Waals surface area contributed by atoms with E-state index < -0.39 is 17.5 Å². The molecule has 0 saturated carbocycles. The summed E-state index contributed by atoms with van der Waals surface area (Å²) < 4.78 is 38.7. The SMILES string of the molecule is CCCCC(=O)NCc1ccc(F)c(F)c1F. The first-order valence-corrected chi connectivity index (χ1v) is 5.45. The van der Waals surface area contributed by atoms with Gasteiger partial charge in [0.1, 0.15) is 0 Å². The number of unbranched alkanes of at least 4 members (excludes halogenated alkanes) is 1. The average Bonchev–Trinajstić information content (AvgIpc) is 2.32. The van der Waals surface area contributed by atoms with Crippen LogP contribution in [0.4, 0.5) is 13.2 Å². The lowest BCUT2D eigenvalue weighted by molar-refractivity contribution is -0.121. The third-order valence-electron chi connectivity index (χ3n) is 2.35. The van der Waals surface area contributed by atoms with Crippen molar-refractivity contribution in [3.05, 3.63) is 35.1 Å². The van der Waals surface area contributed by atoms with Crippen molar-refractivity contribution in [3.8, 4) is 0 Å². The zero-order chi connectivity index (χ0) is 12.8. The van der Waals surface area contributed by atoms with Gasteiger partial charge in [0.15, 0.2) is 17.5 Å². The minimum absolute atomic E-state index is 0.0613. The molecule has 0 aromatic heterocycles. The van der Waals surface area contributed by atoms with Gasteiger partial charge in [-0.1, -0.05) is 19.4 Å². The van der Waals surface area contributed by atoms with Crippen LogP contribution in [0.15, 0.2) is 12.1 Å². The molecule has 0 spiro atoms. The van der Waals surface area contributed by atoms with Gasteiger partial charge in [-0.05, 0) is 12.5 Å². The largest absolute Gasteiger partial charge is 0.352 e. The number of halogens is 3. The quantitative estimate of drug-likeness (QED) is 0.794. The molecule has 0 radical (unpaired) electrons. The van der Waals surface area contributed by atoms with E-state index in [0.29, 0.717) is 6.42 Å². The highest BCUT2D eigenvalue weighted by atomic mass is 19.2.